The van der Waals surface area contributed by atoms with Gasteiger partial charge in [0.15, 0.2) is 11.5 Å². The zero-order chi connectivity index (χ0) is 20.0. The monoisotopic (exact) mass is 385 g/mol. The third-order valence-corrected chi connectivity index (χ3v) is 5.01. The van der Waals surface area contributed by atoms with Crippen molar-refractivity contribution in [3.63, 3.8) is 0 Å². The first-order valence-electron chi connectivity index (χ1n) is 9.15. The summed E-state index contributed by atoms with van der Waals surface area (Å²) in [6.45, 7) is 0. The highest BCUT2D eigenvalue weighted by atomic mass is 19.1. The van der Waals surface area contributed by atoms with Crippen LogP contribution in [0.4, 0.5) is 4.39 Å². The topological polar surface area (TPSA) is 65.1 Å². The minimum absolute atomic E-state index is 0.0398. The van der Waals surface area contributed by atoms with Gasteiger partial charge in [-0.25, -0.2) is 4.39 Å². The quantitative estimate of drug-likeness (QED) is 0.478. The molecule has 7 heteroatoms. The first-order chi connectivity index (χ1) is 14.1. The molecule has 5 aromatic rings. The molecule has 0 spiro atoms. The van der Waals surface area contributed by atoms with Crippen molar-refractivity contribution in [1.29, 1.82) is 0 Å². The molecule has 0 aliphatic rings. The Morgan fingerprint density at radius 3 is 2.69 bits per heavy atom. The average Bonchev–Trinajstić information content (AvgIpc) is 3.13. The second-order valence-electron chi connectivity index (χ2n) is 6.90. The summed E-state index contributed by atoms with van der Waals surface area (Å²) < 4.78 is 16.8. The average molecular weight is 385 g/mol. The van der Waals surface area contributed by atoms with Gasteiger partial charge in [-0.15, -0.1) is 10.2 Å². The molecule has 0 N–H and O–H groups in total. The predicted molar refractivity (Wildman–Crippen MR) is 108 cm³/mol. The number of rotatable bonds is 3. The van der Waals surface area contributed by atoms with Gasteiger partial charge in [-0.2, -0.15) is 9.61 Å². The molecule has 0 bridgehead atoms. The maximum atomic E-state index is 13.6. The van der Waals surface area contributed by atoms with E-state index in [1.807, 2.05) is 36.4 Å². The van der Waals surface area contributed by atoms with Crippen LogP contribution >= 0.6 is 0 Å². The number of benzene rings is 2. The molecular weight excluding hydrogens is 369 g/mol. The molecule has 6 nitrogen and oxygen atoms in total. The van der Waals surface area contributed by atoms with E-state index in [1.165, 1.54) is 12.1 Å². The third-order valence-electron chi connectivity index (χ3n) is 5.01. The highest BCUT2D eigenvalue weighted by Crippen LogP contribution is 2.21. The Morgan fingerprint density at radius 1 is 0.966 bits per heavy atom. The number of fused-ring (bicyclic) bond motifs is 2. The van der Waals surface area contributed by atoms with Crippen LogP contribution in [0.5, 0.6) is 0 Å². The van der Waals surface area contributed by atoms with E-state index in [-0.39, 0.29) is 11.4 Å². The summed E-state index contributed by atoms with van der Waals surface area (Å²) in [7, 11) is 1.73. The van der Waals surface area contributed by atoms with Crippen molar-refractivity contribution >= 4 is 16.4 Å². The molecular formula is C22H16FN5O. The molecule has 0 saturated carbocycles. The lowest BCUT2D eigenvalue weighted by molar-refractivity contribution is 0.628. The van der Waals surface area contributed by atoms with E-state index in [0.717, 1.165) is 10.9 Å². The van der Waals surface area contributed by atoms with E-state index in [0.29, 0.717) is 34.5 Å². The number of pyridine rings is 1. The summed E-state index contributed by atoms with van der Waals surface area (Å²) in [5, 5.41) is 14.6. The van der Waals surface area contributed by atoms with Crippen molar-refractivity contribution in [2.45, 2.75) is 6.42 Å². The van der Waals surface area contributed by atoms with Crippen LogP contribution in [0.2, 0.25) is 0 Å². The zero-order valence-corrected chi connectivity index (χ0v) is 15.6. The lowest BCUT2D eigenvalue weighted by Gasteiger charge is -2.07. The van der Waals surface area contributed by atoms with Gasteiger partial charge in [-0.1, -0.05) is 24.3 Å². The maximum absolute atomic E-state index is 13.6. The Labute approximate surface area is 164 Å². The van der Waals surface area contributed by atoms with Crippen LogP contribution < -0.4 is 5.56 Å². The summed E-state index contributed by atoms with van der Waals surface area (Å²) in [6, 6.07) is 17.5. The molecule has 0 saturated heterocycles. The summed E-state index contributed by atoms with van der Waals surface area (Å²) >= 11 is 0. The van der Waals surface area contributed by atoms with Crippen molar-refractivity contribution in [2.75, 3.05) is 0 Å². The number of aryl methyl sites for hydroxylation is 1. The predicted octanol–water partition coefficient (Wildman–Crippen LogP) is 3.37. The number of nitrogens with zero attached hydrogens (tertiary/aromatic N) is 5. The van der Waals surface area contributed by atoms with Crippen molar-refractivity contribution < 1.29 is 4.39 Å². The van der Waals surface area contributed by atoms with E-state index in [2.05, 4.69) is 15.3 Å². The smallest absolute Gasteiger partial charge is 0.258 e. The van der Waals surface area contributed by atoms with Crippen LogP contribution in [0, 0.1) is 5.82 Å². The first kappa shape index (κ1) is 17.2. The molecule has 29 heavy (non-hydrogen) atoms. The van der Waals surface area contributed by atoms with Gasteiger partial charge in [0.2, 0.25) is 0 Å². The number of hydrogen-bond donors (Lipinski definition) is 0. The normalized spacial score (nSPS) is 11.4. The Morgan fingerprint density at radius 2 is 1.83 bits per heavy atom. The molecule has 0 radical (unpaired) electrons. The fraction of sp³-hybridized carbons (Fsp3) is 0.0909. The minimum Gasteiger partial charge on any atom is -0.318 e. The molecule has 0 atom stereocenters. The van der Waals surface area contributed by atoms with Crippen LogP contribution in [0.3, 0.4) is 0 Å². The second-order valence-corrected chi connectivity index (χ2v) is 6.90. The molecule has 0 fully saturated rings. The maximum Gasteiger partial charge on any atom is 0.258 e. The van der Waals surface area contributed by atoms with Crippen LogP contribution in [0.1, 0.15) is 11.4 Å². The van der Waals surface area contributed by atoms with E-state index < -0.39 is 0 Å². The molecule has 3 heterocycles. The highest BCUT2D eigenvalue weighted by molar-refractivity contribution is 5.85. The Bertz CT molecular complexity index is 1440. The van der Waals surface area contributed by atoms with E-state index in [1.54, 1.807) is 34.5 Å². The first-order valence-corrected chi connectivity index (χ1v) is 9.15. The SMILES string of the molecule is Cn1ccc2c(Cc3nnc4ccc(-c5cccc(F)c5)nn34)cccc2c1=O. The summed E-state index contributed by atoms with van der Waals surface area (Å²) in [4.78, 5) is 12.4. The molecule has 3 aromatic heterocycles. The fourth-order valence-corrected chi connectivity index (χ4v) is 3.51. The van der Waals surface area contributed by atoms with E-state index >= 15 is 0 Å². The second kappa shape index (κ2) is 6.63. The van der Waals surface area contributed by atoms with Crippen molar-refractivity contribution in [1.82, 2.24) is 24.4 Å². The largest absolute Gasteiger partial charge is 0.318 e. The van der Waals surface area contributed by atoms with Crippen molar-refractivity contribution in [3.8, 4) is 11.3 Å². The molecule has 2 aromatic carbocycles. The molecule has 142 valence electrons. The van der Waals surface area contributed by atoms with Gasteiger partial charge in [0.1, 0.15) is 5.82 Å². The number of aromatic nitrogens is 5. The Kier molecular flexibility index (Phi) is 3.94. The zero-order valence-electron chi connectivity index (χ0n) is 15.6. The van der Waals surface area contributed by atoms with Crippen LogP contribution in [0.25, 0.3) is 27.7 Å². The number of hydrogen-bond acceptors (Lipinski definition) is 4. The van der Waals surface area contributed by atoms with E-state index in [9.17, 15) is 9.18 Å². The van der Waals surface area contributed by atoms with Gasteiger partial charge in [0.25, 0.3) is 5.56 Å². The van der Waals surface area contributed by atoms with Gasteiger partial charge in [0, 0.05) is 30.6 Å². The minimum atomic E-state index is -0.314. The Balaban J connectivity index is 1.61. The lowest BCUT2D eigenvalue weighted by Crippen LogP contribution is -2.16. The standard InChI is InChI=1S/C22H16FN5O/c1-27-11-10-17-14(4-3-7-18(17)22(27)29)13-21-25-24-20-9-8-19(26-28(20)21)15-5-2-6-16(23)12-15/h2-12H,13H2,1H3. The number of halogens is 1. The lowest BCUT2D eigenvalue weighted by atomic mass is 10.0. The van der Waals surface area contributed by atoms with Gasteiger partial charge >= 0.3 is 0 Å². The molecule has 0 aliphatic heterocycles. The molecule has 0 aliphatic carbocycles. The van der Waals surface area contributed by atoms with Gasteiger partial charge in [-0.05, 0) is 47.3 Å². The van der Waals surface area contributed by atoms with Crippen molar-refractivity contribution in [2.24, 2.45) is 7.05 Å². The molecule has 0 unspecified atom stereocenters. The van der Waals surface area contributed by atoms with Crippen LogP contribution in [-0.4, -0.2) is 24.4 Å². The van der Waals surface area contributed by atoms with Crippen LogP contribution in [-0.2, 0) is 13.5 Å². The summed E-state index contributed by atoms with van der Waals surface area (Å²) in [5.41, 5.74) is 2.84. The summed E-state index contributed by atoms with van der Waals surface area (Å²) in [6.07, 6.45) is 2.22. The molecule has 0 amide bonds. The van der Waals surface area contributed by atoms with Crippen molar-refractivity contribution in [3.05, 3.63) is 94.4 Å². The van der Waals surface area contributed by atoms with Gasteiger partial charge in [-0.3, -0.25) is 4.79 Å². The fourth-order valence-electron chi connectivity index (χ4n) is 3.51. The highest BCUT2D eigenvalue weighted by Gasteiger charge is 2.12. The van der Waals surface area contributed by atoms with Gasteiger partial charge in [0.05, 0.1) is 5.69 Å². The Hall–Kier alpha value is -3.87. The summed E-state index contributed by atoms with van der Waals surface area (Å²) in [5.74, 6) is 0.331. The molecule has 5 rings (SSSR count). The van der Waals surface area contributed by atoms with Gasteiger partial charge < -0.3 is 4.57 Å². The van der Waals surface area contributed by atoms with Crippen LogP contribution in [0.15, 0.2) is 71.7 Å². The third kappa shape index (κ3) is 2.97. The van der Waals surface area contributed by atoms with E-state index in [4.69, 9.17) is 0 Å².